The average Bonchev–Trinajstić information content (AvgIpc) is 2.85. The lowest BCUT2D eigenvalue weighted by molar-refractivity contribution is -0.120. The lowest BCUT2D eigenvalue weighted by Crippen LogP contribution is -2.34. The van der Waals surface area contributed by atoms with Crippen molar-refractivity contribution in [2.45, 2.75) is 19.4 Å². The Hall–Kier alpha value is -0.820. The van der Waals surface area contributed by atoms with Crippen LogP contribution < -0.4 is 10.6 Å². The summed E-state index contributed by atoms with van der Waals surface area (Å²) in [7, 11) is 4.06. The summed E-state index contributed by atoms with van der Waals surface area (Å²) in [6.07, 6.45) is 3.72. The van der Waals surface area contributed by atoms with Crippen LogP contribution in [0.3, 0.4) is 0 Å². The molecule has 1 aromatic rings. The summed E-state index contributed by atoms with van der Waals surface area (Å²) in [4.78, 5) is 14.2. The van der Waals surface area contributed by atoms with Gasteiger partial charge in [-0.3, -0.25) is 9.48 Å². The highest BCUT2D eigenvalue weighted by atomic mass is 35.5. The van der Waals surface area contributed by atoms with Gasteiger partial charge in [0.25, 0.3) is 0 Å². The van der Waals surface area contributed by atoms with Gasteiger partial charge in [0.15, 0.2) is 5.82 Å². The number of nitrogens with zero attached hydrogens (tertiary/aromatic N) is 3. The summed E-state index contributed by atoms with van der Waals surface area (Å²) < 4.78 is 1.86. The van der Waals surface area contributed by atoms with Crippen molar-refractivity contribution in [3.8, 4) is 0 Å². The highest BCUT2D eigenvalue weighted by molar-refractivity contribution is 5.91. The van der Waals surface area contributed by atoms with E-state index in [2.05, 4.69) is 20.6 Å². The van der Waals surface area contributed by atoms with Crippen molar-refractivity contribution in [3.63, 3.8) is 0 Å². The highest BCUT2D eigenvalue weighted by Crippen LogP contribution is 2.14. The molecule has 122 valence electrons. The molecule has 1 fully saturated rings. The van der Waals surface area contributed by atoms with Gasteiger partial charge >= 0.3 is 0 Å². The summed E-state index contributed by atoms with van der Waals surface area (Å²) in [6.45, 7) is 3.62. The molecule has 1 aliphatic heterocycles. The van der Waals surface area contributed by atoms with Gasteiger partial charge in [-0.05, 0) is 40.0 Å². The number of anilines is 1. The maximum absolute atomic E-state index is 12.0. The predicted molar refractivity (Wildman–Crippen MR) is 89.5 cm³/mol. The molecule has 8 heteroatoms. The van der Waals surface area contributed by atoms with E-state index in [-0.39, 0.29) is 36.6 Å². The molecule has 6 nitrogen and oxygen atoms in total. The van der Waals surface area contributed by atoms with E-state index < -0.39 is 0 Å². The normalized spacial score (nSPS) is 15.2. The first-order chi connectivity index (χ1) is 9.15. The summed E-state index contributed by atoms with van der Waals surface area (Å²) in [5, 5.41) is 10.5. The molecule has 0 aromatic carbocycles. The number of amides is 1. The highest BCUT2D eigenvalue weighted by Gasteiger charge is 2.21. The van der Waals surface area contributed by atoms with Crippen LogP contribution >= 0.6 is 24.8 Å². The zero-order valence-corrected chi connectivity index (χ0v) is 14.2. The maximum Gasteiger partial charge on any atom is 0.228 e. The van der Waals surface area contributed by atoms with Crippen LogP contribution in [0.2, 0.25) is 0 Å². The number of piperidine rings is 1. The third-order valence-corrected chi connectivity index (χ3v) is 3.38. The van der Waals surface area contributed by atoms with Gasteiger partial charge in [0, 0.05) is 24.7 Å². The minimum atomic E-state index is 0. The summed E-state index contributed by atoms with van der Waals surface area (Å²) in [5.41, 5.74) is 0. The van der Waals surface area contributed by atoms with Crippen LogP contribution in [0.15, 0.2) is 12.3 Å². The lowest BCUT2D eigenvalue weighted by Gasteiger charge is -2.21. The number of nitrogens with one attached hydrogen (secondary N) is 2. The third kappa shape index (κ3) is 6.65. The van der Waals surface area contributed by atoms with Crippen LogP contribution in [-0.4, -0.2) is 54.3 Å². The van der Waals surface area contributed by atoms with E-state index >= 15 is 0 Å². The van der Waals surface area contributed by atoms with E-state index in [1.165, 1.54) is 0 Å². The first-order valence-electron chi connectivity index (χ1n) is 6.85. The van der Waals surface area contributed by atoms with Crippen LogP contribution in [0.5, 0.6) is 0 Å². The monoisotopic (exact) mass is 337 g/mol. The molecule has 0 spiro atoms. The molecular formula is C13H25Cl2N5O. The fourth-order valence-electron chi connectivity index (χ4n) is 2.17. The van der Waals surface area contributed by atoms with E-state index in [1.807, 2.05) is 31.0 Å². The number of aromatic nitrogens is 2. The molecule has 2 N–H and O–H groups in total. The number of carbonyl (C=O) groups is 1. The van der Waals surface area contributed by atoms with Crippen LogP contribution in [0.25, 0.3) is 0 Å². The second-order valence-electron chi connectivity index (χ2n) is 5.28. The largest absolute Gasteiger partial charge is 0.317 e. The van der Waals surface area contributed by atoms with Gasteiger partial charge < -0.3 is 15.5 Å². The molecule has 2 heterocycles. The molecular weight excluding hydrogens is 313 g/mol. The maximum atomic E-state index is 12.0. The van der Waals surface area contributed by atoms with Crippen LogP contribution in [-0.2, 0) is 11.3 Å². The standard InChI is InChI=1S/C13H23N5O.2ClH/c1-17(2)9-10-18-8-5-12(16-18)15-13(19)11-3-6-14-7-4-11;;/h5,8,11,14H,3-4,6-7,9-10H2,1-2H3,(H,15,16,19);2*1H. The van der Waals surface area contributed by atoms with E-state index in [0.29, 0.717) is 5.82 Å². The molecule has 0 bridgehead atoms. The fraction of sp³-hybridized carbons (Fsp3) is 0.692. The number of hydrogen-bond donors (Lipinski definition) is 2. The quantitative estimate of drug-likeness (QED) is 0.848. The van der Waals surface area contributed by atoms with Gasteiger partial charge in [-0.2, -0.15) is 5.10 Å². The Bertz CT molecular complexity index is 418. The minimum absolute atomic E-state index is 0. The molecule has 0 radical (unpaired) electrons. The molecule has 1 aromatic heterocycles. The zero-order valence-electron chi connectivity index (χ0n) is 12.5. The lowest BCUT2D eigenvalue weighted by atomic mass is 9.97. The van der Waals surface area contributed by atoms with Crippen LogP contribution in [0.4, 0.5) is 5.82 Å². The fourth-order valence-corrected chi connectivity index (χ4v) is 2.17. The molecule has 1 aliphatic rings. The first-order valence-corrected chi connectivity index (χ1v) is 6.85. The Labute approximate surface area is 138 Å². The minimum Gasteiger partial charge on any atom is -0.317 e. The van der Waals surface area contributed by atoms with Gasteiger partial charge in [-0.25, -0.2) is 0 Å². The van der Waals surface area contributed by atoms with Crippen molar-refractivity contribution in [2.75, 3.05) is 39.0 Å². The topological polar surface area (TPSA) is 62.2 Å². The van der Waals surface area contributed by atoms with Crippen molar-refractivity contribution in [1.29, 1.82) is 0 Å². The van der Waals surface area contributed by atoms with Crippen molar-refractivity contribution in [2.24, 2.45) is 5.92 Å². The number of halogens is 2. The number of hydrogen-bond acceptors (Lipinski definition) is 4. The molecule has 1 saturated heterocycles. The Morgan fingerprint density at radius 1 is 1.43 bits per heavy atom. The van der Waals surface area contributed by atoms with Gasteiger partial charge in [-0.1, -0.05) is 0 Å². The van der Waals surface area contributed by atoms with E-state index in [4.69, 9.17) is 0 Å². The van der Waals surface area contributed by atoms with Gasteiger partial charge in [0.2, 0.25) is 5.91 Å². The number of likely N-dealkylation sites (N-methyl/N-ethyl adjacent to an activating group) is 1. The van der Waals surface area contributed by atoms with E-state index in [0.717, 1.165) is 39.0 Å². The van der Waals surface area contributed by atoms with Gasteiger partial charge in [0.1, 0.15) is 0 Å². The van der Waals surface area contributed by atoms with Gasteiger partial charge in [0.05, 0.1) is 6.54 Å². The molecule has 1 amide bonds. The molecule has 0 unspecified atom stereocenters. The molecule has 0 aliphatic carbocycles. The number of carbonyl (C=O) groups excluding carboxylic acids is 1. The second-order valence-corrected chi connectivity index (χ2v) is 5.28. The van der Waals surface area contributed by atoms with E-state index in [1.54, 1.807) is 0 Å². The second kappa shape index (κ2) is 10.00. The molecule has 2 rings (SSSR count). The molecule has 0 saturated carbocycles. The van der Waals surface area contributed by atoms with Crippen molar-refractivity contribution < 1.29 is 4.79 Å². The van der Waals surface area contributed by atoms with Gasteiger partial charge in [-0.15, -0.1) is 24.8 Å². The van der Waals surface area contributed by atoms with Crippen molar-refractivity contribution in [3.05, 3.63) is 12.3 Å². The summed E-state index contributed by atoms with van der Waals surface area (Å²) in [5.74, 6) is 0.870. The van der Waals surface area contributed by atoms with E-state index in [9.17, 15) is 4.79 Å². The summed E-state index contributed by atoms with van der Waals surface area (Å²) >= 11 is 0. The molecule has 21 heavy (non-hydrogen) atoms. The Balaban J connectivity index is 0.00000200. The third-order valence-electron chi connectivity index (χ3n) is 3.38. The Kier molecular flexibility index (Phi) is 9.61. The Morgan fingerprint density at radius 3 is 2.71 bits per heavy atom. The van der Waals surface area contributed by atoms with Crippen LogP contribution in [0.1, 0.15) is 12.8 Å². The SMILES string of the molecule is CN(C)CCn1ccc(NC(=O)C2CCNCC2)n1.Cl.Cl. The smallest absolute Gasteiger partial charge is 0.228 e. The summed E-state index contributed by atoms with van der Waals surface area (Å²) in [6, 6.07) is 1.86. The molecule has 0 atom stereocenters. The number of rotatable bonds is 5. The Morgan fingerprint density at radius 2 is 2.10 bits per heavy atom. The average molecular weight is 338 g/mol. The van der Waals surface area contributed by atoms with Crippen LogP contribution in [0, 0.1) is 5.92 Å². The zero-order chi connectivity index (χ0) is 13.7. The first kappa shape index (κ1) is 20.2. The predicted octanol–water partition coefficient (Wildman–Crippen LogP) is 1.23. The van der Waals surface area contributed by atoms with Crippen molar-refractivity contribution >= 4 is 36.5 Å². The van der Waals surface area contributed by atoms with Crippen molar-refractivity contribution in [1.82, 2.24) is 20.0 Å².